The number of nitrogen functional groups attached to an aromatic ring is 1. The molecule has 0 bridgehead atoms. The fourth-order valence-electron chi connectivity index (χ4n) is 1.28. The molecule has 0 aromatic heterocycles. The highest BCUT2D eigenvalue weighted by atomic mass is 35.5. The zero-order valence-electron chi connectivity index (χ0n) is 10.0. The maximum absolute atomic E-state index is 10.2. The lowest BCUT2D eigenvalue weighted by Crippen LogP contribution is -3.00. The van der Waals surface area contributed by atoms with Gasteiger partial charge in [0, 0.05) is 17.5 Å². The average molecular weight is 241 g/mol. The summed E-state index contributed by atoms with van der Waals surface area (Å²) in [5.41, 5.74) is 7.66. The molecule has 1 aliphatic carbocycles. The van der Waals surface area contributed by atoms with Gasteiger partial charge in [-0.3, -0.25) is 4.79 Å². The van der Waals surface area contributed by atoms with Crippen LogP contribution in [-0.2, 0) is 11.2 Å². The molecule has 2 nitrogen and oxygen atoms in total. The summed E-state index contributed by atoms with van der Waals surface area (Å²) in [5, 5.41) is 0. The van der Waals surface area contributed by atoms with Gasteiger partial charge in [0.2, 0.25) is 0 Å². The van der Waals surface area contributed by atoms with Crippen LogP contribution in [-0.4, -0.2) is 5.78 Å². The number of anilines is 1. The summed E-state index contributed by atoms with van der Waals surface area (Å²) in [7, 11) is 0. The van der Waals surface area contributed by atoms with Gasteiger partial charge in [-0.05, 0) is 24.1 Å². The normalized spacial score (nSPS) is 21.6. The SMILES string of the molecule is CC1C(=O)C1C.CCc1ccc(N)cc1.[Cl-]. The van der Waals surface area contributed by atoms with Crippen LogP contribution in [0.3, 0.4) is 0 Å². The Hall–Kier alpha value is -1.02. The van der Waals surface area contributed by atoms with Crippen molar-refractivity contribution in [2.45, 2.75) is 27.2 Å². The van der Waals surface area contributed by atoms with Crippen LogP contribution in [0.2, 0.25) is 0 Å². The summed E-state index contributed by atoms with van der Waals surface area (Å²) in [6, 6.07) is 7.96. The lowest BCUT2D eigenvalue weighted by atomic mass is 10.2. The number of benzene rings is 1. The van der Waals surface area contributed by atoms with Crippen LogP contribution >= 0.6 is 0 Å². The van der Waals surface area contributed by atoms with E-state index in [-0.39, 0.29) is 12.4 Å². The molecule has 2 N–H and O–H groups in total. The van der Waals surface area contributed by atoms with Crippen LogP contribution < -0.4 is 18.1 Å². The monoisotopic (exact) mass is 240 g/mol. The second-order valence-corrected chi connectivity index (χ2v) is 4.07. The van der Waals surface area contributed by atoms with Gasteiger partial charge in [-0.25, -0.2) is 0 Å². The molecule has 2 atom stereocenters. The summed E-state index contributed by atoms with van der Waals surface area (Å²) in [5.74, 6) is 1.19. The zero-order chi connectivity index (χ0) is 11.4. The molecule has 1 aromatic carbocycles. The Morgan fingerprint density at radius 2 is 1.50 bits per heavy atom. The number of nitrogens with two attached hydrogens (primary N) is 1. The van der Waals surface area contributed by atoms with E-state index < -0.39 is 0 Å². The second kappa shape index (κ2) is 6.54. The first kappa shape index (κ1) is 15.0. The van der Waals surface area contributed by atoms with Gasteiger partial charge in [0.15, 0.2) is 0 Å². The summed E-state index contributed by atoms with van der Waals surface area (Å²) in [4.78, 5) is 10.2. The largest absolute Gasteiger partial charge is 1.00 e. The molecule has 0 saturated heterocycles. The minimum atomic E-state index is 0. The number of rotatable bonds is 1. The molecule has 1 aromatic rings. The van der Waals surface area contributed by atoms with Gasteiger partial charge in [-0.2, -0.15) is 0 Å². The van der Waals surface area contributed by atoms with Crippen molar-refractivity contribution >= 4 is 11.5 Å². The molecule has 2 unspecified atom stereocenters. The van der Waals surface area contributed by atoms with Crippen molar-refractivity contribution in [2.24, 2.45) is 11.8 Å². The maximum Gasteiger partial charge on any atom is 0.139 e. The summed E-state index contributed by atoms with van der Waals surface area (Å²) < 4.78 is 0. The number of ketones is 1. The number of halogens is 1. The van der Waals surface area contributed by atoms with Crippen LogP contribution in [0.25, 0.3) is 0 Å². The number of hydrogen-bond donors (Lipinski definition) is 1. The van der Waals surface area contributed by atoms with E-state index >= 15 is 0 Å². The van der Waals surface area contributed by atoms with Crippen LogP contribution in [0.4, 0.5) is 5.69 Å². The Labute approximate surface area is 104 Å². The molecule has 1 saturated carbocycles. The number of Topliss-reactive ketones (excluding diaryl/α,β-unsaturated/α-hetero) is 1. The van der Waals surface area contributed by atoms with Gasteiger partial charge in [-0.1, -0.05) is 32.9 Å². The molecule has 0 aliphatic heterocycles. The topological polar surface area (TPSA) is 43.1 Å². The van der Waals surface area contributed by atoms with Crippen molar-refractivity contribution in [3.05, 3.63) is 29.8 Å². The minimum absolute atomic E-state index is 0. The average Bonchev–Trinajstić information content (AvgIpc) is 2.77. The first-order valence-electron chi connectivity index (χ1n) is 5.44. The van der Waals surface area contributed by atoms with Crippen LogP contribution in [0.5, 0.6) is 0 Å². The van der Waals surface area contributed by atoms with E-state index in [4.69, 9.17) is 5.73 Å². The summed E-state index contributed by atoms with van der Waals surface area (Å²) in [6.45, 7) is 6.06. The lowest BCUT2D eigenvalue weighted by molar-refractivity contribution is -0.111. The van der Waals surface area contributed by atoms with E-state index in [2.05, 4.69) is 19.1 Å². The highest BCUT2D eigenvalue weighted by molar-refractivity contribution is 5.98. The summed E-state index contributed by atoms with van der Waals surface area (Å²) >= 11 is 0. The third-order valence-corrected chi connectivity index (χ3v) is 2.93. The van der Waals surface area contributed by atoms with E-state index in [1.807, 2.05) is 26.0 Å². The molecule has 1 fully saturated rings. The molecule has 3 heteroatoms. The third-order valence-electron chi connectivity index (χ3n) is 2.93. The summed E-state index contributed by atoms with van der Waals surface area (Å²) in [6.07, 6.45) is 1.08. The Morgan fingerprint density at radius 3 is 1.75 bits per heavy atom. The van der Waals surface area contributed by atoms with E-state index in [1.165, 1.54) is 5.56 Å². The van der Waals surface area contributed by atoms with Crippen molar-refractivity contribution in [1.29, 1.82) is 0 Å². The Kier molecular flexibility index (Phi) is 6.12. The van der Waals surface area contributed by atoms with E-state index in [0.29, 0.717) is 17.6 Å². The van der Waals surface area contributed by atoms with Crippen molar-refractivity contribution in [3.8, 4) is 0 Å². The molecule has 90 valence electrons. The maximum atomic E-state index is 10.2. The van der Waals surface area contributed by atoms with Gasteiger partial charge in [0.05, 0.1) is 0 Å². The fraction of sp³-hybridized carbons (Fsp3) is 0.462. The van der Waals surface area contributed by atoms with Crippen molar-refractivity contribution in [2.75, 3.05) is 5.73 Å². The van der Waals surface area contributed by atoms with Gasteiger partial charge >= 0.3 is 0 Å². The lowest BCUT2D eigenvalue weighted by Gasteiger charge is -1.94. The van der Waals surface area contributed by atoms with Crippen LogP contribution in [0.1, 0.15) is 26.3 Å². The molecule has 2 rings (SSSR count). The van der Waals surface area contributed by atoms with Crippen molar-refractivity contribution in [3.63, 3.8) is 0 Å². The first-order valence-corrected chi connectivity index (χ1v) is 5.44. The molecule has 1 aliphatic rings. The van der Waals surface area contributed by atoms with Gasteiger partial charge < -0.3 is 18.1 Å². The Morgan fingerprint density at radius 1 is 1.12 bits per heavy atom. The predicted molar refractivity (Wildman–Crippen MR) is 63.6 cm³/mol. The Balaban J connectivity index is 0.000000283. The molecular weight excluding hydrogens is 222 g/mol. The molecule has 0 amide bonds. The zero-order valence-corrected chi connectivity index (χ0v) is 10.8. The molecule has 0 radical (unpaired) electrons. The third kappa shape index (κ3) is 4.23. The van der Waals surface area contributed by atoms with Gasteiger partial charge in [-0.15, -0.1) is 0 Å². The van der Waals surface area contributed by atoms with E-state index in [1.54, 1.807) is 0 Å². The van der Waals surface area contributed by atoms with Crippen molar-refractivity contribution in [1.82, 2.24) is 0 Å². The number of hydrogen-bond acceptors (Lipinski definition) is 2. The number of aryl methyl sites for hydroxylation is 1. The van der Waals surface area contributed by atoms with Crippen LogP contribution in [0, 0.1) is 11.8 Å². The standard InChI is InChI=1S/C8H11N.C5H8O.ClH/c1-2-7-3-5-8(9)6-4-7;1-3-4(2)5(3)6;/h3-6H,2,9H2,1H3;3-4H,1-2H3;1H/p-1. The molecule has 16 heavy (non-hydrogen) atoms. The first-order chi connectivity index (χ1) is 7.06. The van der Waals surface area contributed by atoms with Gasteiger partial charge in [0.25, 0.3) is 0 Å². The molecular formula is C13H19ClNO-. The second-order valence-electron chi connectivity index (χ2n) is 4.07. The fourth-order valence-corrected chi connectivity index (χ4v) is 1.28. The number of carbonyl (C=O) groups is 1. The minimum Gasteiger partial charge on any atom is -1.00 e. The quantitative estimate of drug-likeness (QED) is 0.684. The highest BCUT2D eigenvalue weighted by Gasteiger charge is 2.40. The predicted octanol–water partition coefficient (Wildman–Crippen LogP) is -0.323. The Bertz CT molecular complexity index is 324. The van der Waals surface area contributed by atoms with Crippen molar-refractivity contribution < 1.29 is 17.2 Å². The van der Waals surface area contributed by atoms with Gasteiger partial charge in [0.1, 0.15) is 5.78 Å². The van der Waals surface area contributed by atoms with E-state index in [0.717, 1.165) is 12.1 Å². The van der Waals surface area contributed by atoms with Crippen LogP contribution in [0.15, 0.2) is 24.3 Å². The highest BCUT2D eigenvalue weighted by Crippen LogP contribution is 2.31. The van der Waals surface area contributed by atoms with E-state index in [9.17, 15) is 4.79 Å². The smallest absolute Gasteiger partial charge is 0.139 e. The number of carbonyl (C=O) groups excluding carboxylic acids is 1. The molecule has 0 spiro atoms. The molecule has 0 heterocycles.